The molecule has 3 aromatic carbocycles. The summed E-state index contributed by atoms with van der Waals surface area (Å²) in [4.78, 5) is 14.3. The number of carbonyl (C=O) groups is 1. The van der Waals surface area contributed by atoms with E-state index < -0.39 is 0 Å². The summed E-state index contributed by atoms with van der Waals surface area (Å²) in [5.74, 6) is 0.859. The molecule has 35 heavy (non-hydrogen) atoms. The summed E-state index contributed by atoms with van der Waals surface area (Å²) in [7, 11) is 0. The topological polar surface area (TPSA) is 69.0 Å². The Morgan fingerprint density at radius 3 is 2.40 bits per heavy atom. The highest BCUT2D eigenvalue weighted by molar-refractivity contribution is 5.95. The Kier molecular flexibility index (Phi) is 7.49. The lowest BCUT2D eigenvalue weighted by Gasteiger charge is -2.15. The number of hydrogen-bond donors (Lipinski definition) is 1. The minimum absolute atomic E-state index is 0.0578. The molecule has 0 saturated heterocycles. The van der Waals surface area contributed by atoms with Crippen LogP contribution in [-0.2, 0) is 11.2 Å². The van der Waals surface area contributed by atoms with Gasteiger partial charge in [-0.3, -0.25) is 4.79 Å². The van der Waals surface area contributed by atoms with E-state index in [1.807, 2.05) is 44.2 Å². The molecule has 0 saturated carbocycles. The van der Waals surface area contributed by atoms with Crippen LogP contribution < -0.4 is 10.1 Å². The van der Waals surface area contributed by atoms with Gasteiger partial charge in [-0.25, -0.2) is 0 Å². The van der Waals surface area contributed by atoms with Gasteiger partial charge >= 0.3 is 0 Å². The van der Waals surface area contributed by atoms with Gasteiger partial charge in [-0.2, -0.15) is 4.80 Å². The molecule has 0 unspecified atom stereocenters. The molecule has 1 aromatic heterocycles. The number of carbonyl (C=O) groups excluding carboxylic acids is 1. The van der Waals surface area contributed by atoms with Crippen molar-refractivity contribution in [3.8, 4) is 11.4 Å². The molecule has 6 nitrogen and oxygen atoms in total. The molecule has 0 atom stereocenters. The number of rotatable bonds is 9. The van der Waals surface area contributed by atoms with Crippen molar-refractivity contribution in [3.63, 3.8) is 0 Å². The molecule has 0 bridgehead atoms. The number of hydrogen-bond acceptors (Lipinski definition) is 4. The molecular weight excluding hydrogens is 436 g/mol. The van der Waals surface area contributed by atoms with Crippen molar-refractivity contribution in [3.05, 3.63) is 76.9 Å². The number of aryl methyl sites for hydroxylation is 3. The number of anilines is 1. The molecule has 182 valence electrons. The summed E-state index contributed by atoms with van der Waals surface area (Å²) in [6, 6.07) is 18.3. The number of nitrogens with zero attached hydrogens (tertiary/aromatic N) is 3. The molecule has 1 N–H and O–H groups in total. The van der Waals surface area contributed by atoms with Gasteiger partial charge in [0.1, 0.15) is 16.8 Å². The van der Waals surface area contributed by atoms with Gasteiger partial charge in [-0.15, -0.1) is 10.2 Å². The molecule has 6 heteroatoms. The average molecular weight is 471 g/mol. The summed E-state index contributed by atoms with van der Waals surface area (Å²) in [6.07, 6.45) is 3.45. The molecule has 4 rings (SSSR count). The van der Waals surface area contributed by atoms with E-state index in [0.717, 1.165) is 45.6 Å². The van der Waals surface area contributed by atoms with Crippen LogP contribution in [-0.4, -0.2) is 27.5 Å². The van der Waals surface area contributed by atoms with Crippen molar-refractivity contribution < 1.29 is 9.53 Å². The second kappa shape index (κ2) is 10.7. The van der Waals surface area contributed by atoms with Gasteiger partial charge in [0.15, 0.2) is 6.61 Å². The number of unbranched alkanes of at least 4 members (excludes halogenated alkanes) is 1. The van der Waals surface area contributed by atoms with Crippen molar-refractivity contribution in [2.24, 2.45) is 0 Å². The van der Waals surface area contributed by atoms with Crippen LogP contribution in [0.5, 0.6) is 5.75 Å². The number of ether oxygens (including phenoxy) is 1. The van der Waals surface area contributed by atoms with Crippen LogP contribution in [0.4, 0.5) is 5.69 Å². The van der Waals surface area contributed by atoms with Crippen LogP contribution in [0.15, 0.2) is 54.6 Å². The zero-order valence-corrected chi connectivity index (χ0v) is 21.3. The summed E-state index contributed by atoms with van der Waals surface area (Å²) < 4.78 is 5.89. The average Bonchev–Trinajstić information content (AvgIpc) is 3.24. The third-order valence-electron chi connectivity index (χ3n) is 6.14. The second-order valence-corrected chi connectivity index (χ2v) is 9.45. The van der Waals surface area contributed by atoms with Crippen LogP contribution in [0.25, 0.3) is 16.7 Å². The fraction of sp³-hybridized carbons (Fsp3) is 0.345. The standard InChI is InChI=1S/C29H34N4O2/c1-6-7-8-22-10-12-23(13-11-22)33-31-26-16-21(5)25(17-27(26)32-33)30-29(34)18-35-28-15-20(4)9-14-24(28)19(2)3/h9-17,19H,6-8,18H2,1-5H3,(H,30,34). The van der Waals surface area contributed by atoms with Crippen LogP contribution in [0.1, 0.15) is 61.8 Å². The van der Waals surface area contributed by atoms with E-state index in [0.29, 0.717) is 11.6 Å². The van der Waals surface area contributed by atoms with Gasteiger partial charge in [-0.05, 0) is 85.2 Å². The summed E-state index contributed by atoms with van der Waals surface area (Å²) >= 11 is 0. The molecule has 0 radical (unpaired) electrons. The van der Waals surface area contributed by atoms with Crippen LogP contribution in [0, 0.1) is 13.8 Å². The van der Waals surface area contributed by atoms with Crippen LogP contribution in [0.3, 0.4) is 0 Å². The molecule has 1 heterocycles. The zero-order valence-electron chi connectivity index (χ0n) is 21.3. The Morgan fingerprint density at radius 2 is 1.71 bits per heavy atom. The van der Waals surface area contributed by atoms with E-state index in [-0.39, 0.29) is 12.5 Å². The highest BCUT2D eigenvalue weighted by atomic mass is 16.5. The van der Waals surface area contributed by atoms with E-state index in [1.165, 1.54) is 18.4 Å². The lowest BCUT2D eigenvalue weighted by atomic mass is 10.0. The number of aromatic nitrogens is 3. The van der Waals surface area contributed by atoms with E-state index in [9.17, 15) is 4.79 Å². The maximum atomic E-state index is 12.7. The summed E-state index contributed by atoms with van der Waals surface area (Å²) in [6.45, 7) is 10.3. The zero-order chi connectivity index (χ0) is 24.9. The Labute approximate surface area is 207 Å². The maximum Gasteiger partial charge on any atom is 0.262 e. The highest BCUT2D eigenvalue weighted by Crippen LogP contribution is 2.28. The van der Waals surface area contributed by atoms with Crippen molar-refractivity contribution >= 4 is 22.6 Å². The predicted molar refractivity (Wildman–Crippen MR) is 142 cm³/mol. The van der Waals surface area contributed by atoms with Gasteiger partial charge in [0.2, 0.25) is 0 Å². The summed E-state index contributed by atoms with van der Waals surface area (Å²) in [5.41, 5.74) is 7.57. The molecule has 0 aliphatic rings. The maximum absolute atomic E-state index is 12.7. The second-order valence-electron chi connectivity index (χ2n) is 9.45. The molecule has 0 fully saturated rings. The van der Waals surface area contributed by atoms with Gasteiger partial charge < -0.3 is 10.1 Å². The van der Waals surface area contributed by atoms with Gasteiger partial charge in [-0.1, -0.05) is 51.5 Å². The van der Waals surface area contributed by atoms with Crippen molar-refractivity contribution in [1.29, 1.82) is 0 Å². The number of benzene rings is 3. The normalized spacial score (nSPS) is 11.3. The van der Waals surface area contributed by atoms with Crippen LogP contribution >= 0.6 is 0 Å². The number of fused-ring (bicyclic) bond motifs is 1. The van der Waals surface area contributed by atoms with Crippen molar-refractivity contribution in [2.45, 2.75) is 59.8 Å². The van der Waals surface area contributed by atoms with Crippen LogP contribution in [0.2, 0.25) is 0 Å². The largest absolute Gasteiger partial charge is 0.483 e. The predicted octanol–water partition coefficient (Wildman–Crippen LogP) is 6.52. The minimum atomic E-state index is -0.210. The quantitative estimate of drug-likeness (QED) is 0.302. The molecule has 0 spiro atoms. The van der Waals surface area contributed by atoms with Gasteiger partial charge in [0, 0.05) is 5.69 Å². The third-order valence-corrected chi connectivity index (χ3v) is 6.14. The van der Waals surface area contributed by atoms with Gasteiger partial charge in [0.05, 0.1) is 5.69 Å². The lowest BCUT2D eigenvalue weighted by molar-refractivity contribution is -0.118. The van der Waals surface area contributed by atoms with E-state index in [4.69, 9.17) is 4.74 Å². The molecule has 0 aliphatic heterocycles. The lowest BCUT2D eigenvalue weighted by Crippen LogP contribution is -2.21. The smallest absolute Gasteiger partial charge is 0.262 e. The molecular formula is C29H34N4O2. The minimum Gasteiger partial charge on any atom is -0.483 e. The Morgan fingerprint density at radius 1 is 1.00 bits per heavy atom. The van der Waals surface area contributed by atoms with Crippen molar-refractivity contribution in [1.82, 2.24) is 15.0 Å². The fourth-order valence-electron chi connectivity index (χ4n) is 4.07. The Bertz CT molecular complexity index is 1320. The van der Waals surface area contributed by atoms with Gasteiger partial charge in [0.25, 0.3) is 5.91 Å². The monoisotopic (exact) mass is 470 g/mol. The highest BCUT2D eigenvalue weighted by Gasteiger charge is 2.13. The molecule has 0 aliphatic carbocycles. The fourth-order valence-corrected chi connectivity index (χ4v) is 4.07. The van der Waals surface area contributed by atoms with E-state index in [1.54, 1.807) is 4.80 Å². The van der Waals surface area contributed by atoms with E-state index >= 15 is 0 Å². The van der Waals surface area contributed by atoms with Crippen molar-refractivity contribution in [2.75, 3.05) is 11.9 Å². The SMILES string of the molecule is CCCCc1ccc(-n2nc3cc(C)c(NC(=O)COc4cc(C)ccc4C(C)C)cc3n2)cc1. The first-order valence-corrected chi connectivity index (χ1v) is 12.3. The molecule has 1 amide bonds. The Hall–Kier alpha value is -3.67. The van der Waals surface area contributed by atoms with E-state index in [2.05, 4.69) is 60.6 Å². The number of nitrogens with one attached hydrogen (secondary N) is 1. The molecule has 4 aromatic rings. The summed E-state index contributed by atoms with van der Waals surface area (Å²) in [5, 5.41) is 12.2. The first-order chi connectivity index (χ1) is 16.8. The third kappa shape index (κ3) is 5.88. The Balaban J connectivity index is 1.47. The first kappa shape index (κ1) is 24.5. The number of amides is 1. The first-order valence-electron chi connectivity index (χ1n) is 12.3.